The van der Waals surface area contributed by atoms with Crippen LogP contribution in [0.25, 0.3) is 0 Å². The second-order valence-electron chi connectivity index (χ2n) is 18.9. The molecule has 0 aliphatic carbocycles. The van der Waals surface area contributed by atoms with Crippen LogP contribution < -0.4 is 16.0 Å². The number of alkyl halides is 9. The monoisotopic (exact) mass is 1460 g/mol. The van der Waals surface area contributed by atoms with Gasteiger partial charge in [0.25, 0.3) is 17.7 Å². The largest absolute Gasteiger partial charge is 3.00 e. The van der Waals surface area contributed by atoms with Crippen LogP contribution >= 0.6 is 0 Å². The number of nitrogens with zero attached hydrogens (tertiary/aromatic N) is 6. The van der Waals surface area contributed by atoms with E-state index in [0.29, 0.717) is 36.7 Å². The predicted octanol–water partition coefficient (Wildman–Crippen LogP) is 7.32. The Balaban J connectivity index is 0.000000680. The molecule has 1 radical (unpaired) electrons. The van der Waals surface area contributed by atoms with Gasteiger partial charge < -0.3 is 29.6 Å². The number of carbonyl (C=O) groups is 3. The van der Waals surface area contributed by atoms with Crippen molar-refractivity contribution in [2.75, 3.05) is 39.3 Å². The second kappa shape index (κ2) is 34.3. The zero-order valence-corrected chi connectivity index (χ0v) is 50.6. The fraction of sp³-hybridized carbons (Fsp3) is 0.333. The summed E-state index contributed by atoms with van der Waals surface area (Å²) in [6.45, 7) is 12.1. The Hall–Kier alpha value is -5.98. The molecule has 88 heavy (non-hydrogen) atoms. The molecule has 3 amide bonds. The molecule has 7 rings (SSSR count). The van der Waals surface area contributed by atoms with Crippen LogP contribution in [0.3, 0.4) is 0 Å². The van der Waals surface area contributed by atoms with Crippen molar-refractivity contribution in [2.24, 2.45) is 0 Å². The summed E-state index contributed by atoms with van der Waals surface area (Å²) in [7, 11) is -18.3. The van der Waals surface area contributed by atoms with Gasteiger partial charge in [-0.3, -0.25) is 29.1 Å². The van der Waals surface area contributed by atoms with Gasteiger partial charge in [0.2, 0.25) is 0 Å². The van der Waals surface area contributed by atoms with Crippen molar-refractivity contribution in [3.8, 4) is 0 Å². The van der Waals surface area contributed by atoms with E-state index < -0.39 is 46.9 Å². The molecule has 0 spiro atoms. The van der Waals surface area contributed by atoms with Crippen LogP contribution in [0.1, 0.15) is 104 Å². The number of pyridine rings is 3. The Labute approximate surface area is 540 Å². The van der Waals surface area contributed by atoms with Crippen molar-refractivity contribution >= 4 is 48.1 Å². The number of hydrogen-bond donors (Lipinski definition) is 3. The van der Waals surface area contributed by atoms with Gasteiger partial charge in [-0.1, -0.05) is 109 Å². The second-order valence-corrected chi connectivity index (χ2v) is 23.0. The summed E-state index contributed by atoms with van der Waals surface area (Å²) in [6.07, 6.45) is 0. The molecule has 0 unspecified atom stereocenters. The minimum absolute atomic E-state index is 0. The van der Waals surface area contributed by atoms with E-state index in [4.69, 9.17) is 53.9 Å². The van der Waals surface area contributed by atoms with Crippen LogP contribution in [0.5, 0.6) is 0 Å². The molecule has 3 atom stereocenters. The fourth-order valence-corrected chi connectivity index (χ4v) is 7.71. The zero-order chi connectivity index (χ0) is 65.0. The number of carbonyl (C=O) groups excluding carboxylic acids is 3. The van der Waals surface area contributed by atoms with Crippen LogP contribution in [0.2, 0.25) is 0 Å². The first kappa shape index (κ1) is 76.3. The van der Waals surface area contributed by atoms with Crippen molar-refractivity contribution in [3.63, 3.8) is 0 Å². The molecular weight excluding hydrogens is 1410 g/mol. The zero-order valence-electron chi connectivity index (χ0n) is 46.4. The van der Waals surface area contributed by atoms with Crippen molar-refractivity contribution < 1.29 is 140 Å². The SMILES string of the molecule is C[C@H](NC(=O)c1cccc(CN2CCN(Cc3cccc(C(=O)N[C@@H](C)c4ccccc4)n3)CCN(Cc3cccc(C(=O)N[C@@H](C)c4ccccc4)n3)CC2)n1)c1ccccc1.O=S(=O)([O-])C(F)(F)F.O=S(=O)([O-])C(F)(F)F.O=S(=O)([O-])C(F)(F)F.[Yb+3]. The molecule has 3 N–H and O–H groups in total. The molecule has 6 aromatic rings. The Morgan fingerprint density at radius 1 is 0.398 bits per heavy atom. The predicted molar refractivity (Wildman–Crippen MR) is 293 cm³/mol. The first-order valence-corrected chi connectivity index (χ1v) is 29.8. The van der Waals surface area contributed by atoms with E-state index in [2.05, 4.69) is 30.7 Å². The van der Waals surface area contributed by atoms with E-state index in [-0.39, 0.29) is 82.8 Å². The summed E-state index contributed by atoms with van der Waals surface area (Å²) in [5.41, 5.74) is -10.3. The molecule has 1 aliphatic heterocycles. The minimum Gasteiger partial charge on any atom is -0.741 e. The van der Waals surface area contributed by atoms with Crippen molar-refractivity contribution in [1.82, 2.24) is 45.6 Å². The quantitative estimate of drug-likeness (QED) is 0.0515. The molecule has 0 bridgehead atoms. The van der Waals surface area contributed by atoms with Gasteiger partial charge in [-0.2, -0.15) is 39.5 Å². The van der Waals surface area contributed by atoms with Crippen LogP contribution in [0.4, 0.5) is 39.5 Å². The third-order valence-electron chi connectivity index (χ3n) is 12.3. The van der Waals surface area contributed by atoms with Crippen LogP contribution in [0, 0.1) is 46.9 Å². The van der Waals surface area contributed by atoms with Crippen LogP contribution in [0.15, 0.2) is 146 Å². The topological polar surface area (TPSA) is 307 Å². The molecular formula is C54H57F9N9O12S3Yb. The van der Waals surface area contributed by atoms with Crippen molar-refractivity contribution in [3.05, 3.63) is 196 Å². The average Bonchev–Trinajstić information content (AvgIpc) is 3.70. The maximum absolute atomic E-state index is 13.4. The minimum atomic E-state index is -6.09. The van der Waals surface area contributed by atoms with Gasteiger partial charge in [-0.05, 0) is 73.9 Å². The molecule has 0 saturated carbocycles. The van der Waals surface area contributed by atoms with Gasteiger partial charge in [0.15, 0.2) is 30.4 Å². The average molecular weight is 1460 g/mol. The Bertz CT molecular complexity index is 3180. The number of amides is 3. The van der Waals surface area contributed by atoms with E-state index in [1.54, 1.807) is 18.2 Å². The first-order valence-electron chi connectivity index (χ1n) is 25.6. The Morgan fingerprint density at radius 3 is 0.773 bits per heavy atom. The van der Waals surface area contributed by atoms with Crippen LogP contribution in [-0.4, -0.2) is 142 Å². The molecule has 3 aromatic heterocycles. The van der Waals surface area contributed by atoms with E-state index in [1.807, 2.05) is 148 Å². The van der Waals surface area contributed by atoms with Crippen LogP contribution in [-0.2, 0) is 50.0 Å². The van der Waals surface area contributed by atoms with Crippen molar-refractivity contribution in [1.29, 1.82) is 0 Å². The van der Waals surface area contributed by atoms with Gasteiger partial charge in [-0.25, -0.2) is 40.2 Å². The summed E-state index contributed by atoms with van der Waals surface area (Å²) in [5.74, 6) is -0.650. The molecule has 485 valence electrons. The maximum atomic E-state index is 13.4. The number of halogens is 9. The van der Waals surface area contributed by atoms with E-state index in [9.17, 15) is 53.9 Å². The van der Waals surface area contributed by atoms with Gasteiger partial charge in [0, 0.05) is 58.9 Å². The number of benzene rings is 3. The molecule has 1 saturated heterocycles. The summed E-state index contributed by atoms with van der Waals surface area (Å²) in [4.78, 5) is 61.6. The molecule has 4 heterocycles. The van der Waals surface area contributed by atoms with E-state index in [1.165, 1.54) is 0 Å². The smallest absolute Gasteiger partial charge is 0.741 e. The first-order chi connectivity index (χ1) is 40.4. The summed E-state index contributed by atoms with van der Waals surface area (Å²) in [5, 5.41) is 9.28. The van der Waals surface area contributed by atoms with E-state index >= 15 is 0 Å². The number of hydrogen-bond acceptors (Lipinski definition) is 18. The normalized spacial score (nSPS) is 14.9. The summed E-state index contributed by atoms with van der Waals surface area (Å²) >= 11 is 0. The van der Waals surface area contributed by atoms with Crippen molar-refractivity contribution in [2.45, 2.75) is 75.1 Å². The number of aromatic nitrogens is 3. The molecule has 1 aliphatic rings. The Morgan fingerprint density at radius 2 is 0.591 bits per heavy atom. The van der Waals surface area contributed by atoms with Gasteiger partial charge >= 0.3 is 63.4 Å². The molecule has 1 fully saturated rings. The Kier molecular flexibility index (Phi) is 29.7. The molecule has 21 nitrogen and oxygen atoms in total. The molecule has 3 aromatic carbocycles. The van der Waals surface area contributed by atoms with Gasteiger partial charge in [0.1, 0.15) is 17.1 Å². The fourth-order valence-electron chi connectivity index (χ4n) is 7.71. The maximum Gasteiger partial charge on any atom is 3.00 e. The standard InChI is InChI=1S/C51H57N9O3.3CHF3O3S.Yb/c1-37(40-16-7-4-8-17-40)52-49(61)46-25-13-22-43(55-46)34-58-28-30-59(35-44-23-14-26-47(56-44)50(62)53-38(2)41-18-9-5-10-19-41)32-33-60(31-29-58)36-45-24-15-27-48(57-45)51(63)54-39(3)42-20-11-6-12-21-42;3*2-1(3,4)8(5,6)7;/h4-27,37-39H,28-36H2,1-3H3,(H,52,61)(H,53,62)(H,54,63);3*(H,5,6,7);/q;;;;+3/p-3/t37-,38-,39-;;;;/m0..../s1. The third kappa shape index (κ3) is 26.2. The number of nitrogens with one attached hydrogen (secondary N) is 3. The summed E-state index contributed by atoms with van der Waals surface area (Å²) in [6, 6.07) is 46.0. The third-order valence-corrected chi connectivity index (χ3v) is 14.0. The van der Waals surface area contributed by atoms with Gasteiger partial charge in [0.05, 0.1) is 35.2 Å². The summed E-state index contributed by atoms with van der Waals surface area (Å²) < 4.78 is 177. The number of rotatable bonds is 15. The van der Waals surface area contributed by atoms with E-state index in [0.717, 1.165) is 73.0 Å². The molecule has 34 heteroatoms. The van der Waals surface area contributed by atoms with Gasteiger partial charge in [-0.15, -0.1) is 0 Å².